The van der Waals surface area contributed by atoms with Gasteiger partial charge < -0.3 is 4.90 Å². The molecule has 0 aliphatic rings. The van der Waals surface area contributed by atoms with Gasteiger partial charge in [0.1, 0.15) is 10.5 Å². The molecule has 0 bridgehead atoms. The van der Waals surface area contributed by atoms with Crippen molar-refractivity contribution in [1.82, 2.24) is 4.98 Å². The molecule has 0 saturated carbocycles. The number of nitrogens with zero attached hydrogens (tertiary/aromatic N) is 2. The second-order valence-electron chi connectivity index (χ2n) is 13.9. The van der Waals surface area contributed by atoms with E-state index < -0.39 is 0 Å². The van der Waals surface area contributed by atoms with Gasteiger partial charge in [0.05, 0.1) is 10.4 Å². The Labute approximate surface area is 326 Å². The number of rotatable bonds is 6. The zero-order chi connectivity index (χ0) is 36.3. The van der Waals surface area contributed by atoms with Crippen molar-refractivity contribution in [1.29, 1.82) is 0 Å². The van der Waals surface area contributed by atoms with Gasteiger partial charge in [0.15, 0.2) is 0 Å². The number of aromatic nitrogens is 1. The van der Waals surface area contributed by atoms with Gasteiger partial charge in [-0.25, -0.2) is 4.98 Å². The Hall–Kier alpha value is -6.59. The molecular formula is C51H32N2S2. The van der Waals surface area contributed by atoms with Crippen LogP contribution in [0.15, 0.2) is 194 Å². The summed E-state index contributed by atoms with van der Waals surface area (Å²) in [7, 11) is 0. The van der Waals surface area contributed by atoms with Crippen molar-refractivity contribution in [3.8, 4) is 32.8 Å². The minimum atomic E-state index is 1.01. The molecule has 0 aliphatic heterocycles. The minimum absolute atomic E-state index is 1.01. The molecule has 2 heterocycles. The third kappa shape index (κ3) is 5.49. The van der Waals surface area contributed by atoms with Crippen LogP contribution >= 0.6 is 22.7 Å². The lowest BCUT2D eigenvalue weighted by Gasteiger charge is -2.27. The summed E-state index contributed by atoms with van der Waals surface area (Å²) < 4.78 is 3.72. The van der Waals surface area contributed by atoms with E-state index in [0.29, 0.717) is 0 Å². The zero-order valence-corrected chi connectivity index (χ0v) is 31.3. The second kappa shape index (κ2) is 13.1. The first-order valence-corrected chi connectivity index (χ1v) is 20.2. The number of hydrogen-bond acceptors (Lipinski definition) is 4. The van der Waals surface area contributed by atoms with Crippen molar-refractivity contribution in [3.05, 3.63) is 194 Å². The van der Waals surface area contributed by atoms with Gasteiger partial charge in [0, 0.05) is 37.1 Å². The molecular weight excluding hydrogens is 705 g/mol. The molecule has 2 nitrogen and oxygen atoms in total. The lowest BCUT2D eigenvalue weighted by molar-refractivity contribution is 1.31. The Kier molecular flexibility index (Phi) is 7.58. The fourth-order valence-electron chi connectivity index (χ4n) is 8.03. The maximum Gasteiger partial charge on any atom is 0.124 e. The van der Waals surface area contributed by atoms with Crippen LogP contribution in [0.1, 0.15) is 0 Å². The number of benzene rings is 9. The summed E-state index contributed by atoms with van der Waals surface area (Å²) in [6.07, 6.45) is 0. The molecule has 0 spiro atoms. The molecule has 55 heavy (non-hydrogen) atoms. The van der Waals surface area contributed by atoms with E-state index in [2.05, 4.69) is 199 Å². The lowest BCUT2D eigenvalue weighted by Crippen LogP contribution is -2.11. The maximum absolute atomic E-state index is 5.48. The summed E-state index contributed by atoms with van der Waals surface area (Å²) in [5, 5.41) is 8.41. The average Bonchev–Trinajstić information content (AvgIpc) is 3.86. The molecule has 2 aromatic heterocycles. The predicted octanol–water partition coefficient (Wildman–Crippen LogP) is 15.4. The van der Waals surface area contributed by atoms with E-state index in [1.807, 2.05) is 11.3 Å². The summed E-state index contributed by atoms with van der Waals surface area (Å²) in [6.45, 7) is 0. The Bertz CT molecular complexity index is 3190. The van der Waals surface area contributed by atoms with Gasteiger partial charge in [-0.1, -0.05) is 152 Å². The third-order valence-electron chi connectivity index (χ3n) is 10.7. The van der Waals surface area contributed by atoms with Gasteiger partial charge in [0.25, 0.3) is 0 Å². The smallest absolute Gasteiger partial charge is 0.124 e. The molecule has 0 radical (unpaired) electrons. The molecule has 0 aliphatic carbocycles. The predicted molar refractivity (Wildman–Crippen MR) is 239 cm³/mol. The van der Waals surface area contributed by atoms with E-state index in [9.17, 15) is 0 Å². The highest BCUT2D eigenvalue weighted by Gasteiger charge is 2.25. The number of hydrogen-bond donors (Lipinski definition) is 0. The van der Waals surface area contributed by atoms with Gasteiger partial charge in [-0.15, -0.1) is 22.7 Å². The Morgan fingerprint density at radius 2 is 1.04 bits per heavy atom. The number of thiophene rings is 1. The minimum Gasteiger partial charge on any atom is -0.308 e. The maximum atomic E-state index is 5.48. The quantitative estimate of drug-likeness (QED) is 0.169. The summed E-state index contributed by atoms with van der Waals surface area (Å²) in [6, 6.07) is 70.4. The van der Waals surface area contributed by atoms with Crippen LogP contribution in [-0.2, 0) is 0 Å². The molecule has 11 aromatic rings. The van der Waals surface area contributed by atoms with Gasteiger partial charge in [-0.05, 0) is 86.3 Å². The van der Waals surface area contributed by atoms with E-state index in [1.165, 1.54) is 68.7 Å². The van der Waals surface area contributed by atoms with E-state index in [-0.39, 0.29) is 0 Å². The summed E-state index contributed by atoms with van der Waals surface area (Å²) >= 11 is 3.63. The fourth-order valence-corrected chi connectivity index (χ4v) is 10.3. The van der Waals surface area contributed by atoms with Gasteiger partial charge in [-0.2, -0.15) is 0 Å². The first-order valence-electron chi connectivity index (χ1n) is 18.5. The second-order valence-corrected chi connectivity index (χ2v) is 16.1. The number of fused-ring (bicyclic) bond motifs is 6. The van der Waals surface area contributed by atoms with Crippen LogP contribution in [0.3, 0.4) is 0 Å². The summed E-state index contributed by atoms with van der Waals surface area (Å²) in [5.41, 5.74) is 10.3. The molecule has 0 saturated heterocycles. The highest BCUT2D eigenvalue weighted by atomic mass is 32.1. The van der Waals surface area contributed by atoms with Crippen LogP contribution in [0.5, 0.6) is 0 Å². The highest BCUT2D eigenvalue weighted by molar-refractivity contribution is 7.27. The van der Waals surface area contributed by atoms with Crippen molar-refractivity contribution >= 4 is 91.7 Å². The molecule has 0 N–H and O–H groups in total. The SMILES string of the molecule is c1ccc(-c2ccc3cc(N(c4ccc(-c5cccc6ccccc56)cc4)c4c5nc(-c6ccccc6)sc5cc5sc6ccccc6c45)ccc3c2)cc1. The van der Waals surface area contributed by atoms with Crippen LogP contribution in [-0.4, -0.2) is 4.98 Å². The molecule has 9 aromatic carbocycles. The lowest BCUT2D eigenvalue weighted by atomic mass is 9.97. The molecule has 11 rings (SSSR count). The van der Waals surface area contributed by atoms with E-state index in [4.69, 9.17) is 4.98 Å². The number of anilines is 3. The van der Waals surface area contributed by atoms with Crippen LogP contribution in [0.25, 0.3) is 84.8 Å². The molecule has 0 atom stereocenters. The van der Waals surface area contributed by atoms with Crippen molar-refractivity contribution in [2.45, 2.75) is 0 Å². The van der Waals surface area contributed by atoms with Gasteiger partial charge >= 0.3 is 0 Å². The third-order valence-corrected chi connectivity index (χ3v) is 12.8. The monoisotopic (exact) mass is 736 g/mol. The van der Waals surface area contributed by atoms with Crippen molar-refractivity contribution in [2.24, 2.45) is 0 Å². The van der Waals surface area contributed by atoms with Crippen LogP contribution < -0.4 is 4.90 Å². The van der Waals surface area contributed by atoms with Crippen LogP contribution in [0.4, 0.5) is 17.1 Å². The van der Waals surface area contributed by atoms with E-state index >= 15 is 0 Å². The van der Waals surface area contributed by atoms with Crippen LogP contribution in [0.2, 0.25) is 0 Å². The Morgan fingerprint density at radius 1 is 0.382 bits per heavy atom. The van der Waals surface area contributed by atoms with Crippen LogP contribution in [0, 0.1) is 0 Å². The van der Waals surface area contributed by atoms with Crippen molar-refractivity contribution in [3.63, 3.8) is 0 Å². The molecule has 0 amide bonds. The topological polar surface area (TPSA) is 16.1 Å². The van der Waals surface area contributed by atoms with Crippen molar-refractivity contribution < 1.29 is 0 Å². The van der Waals surface area contributed by atoms with Crippen molar-refractivity contribution in [2.75, 3.05) is 4.90 Å². The highest BCUT2D eigenvalue weighted by Crippen LogP contribution is 2.51. The standard InChI is InChI=1S/C51H32N2S2/c1-3-12-33(13-4-1)37-22-23-39-31-41(29-26-38(39)30-37)53(40-27-24-35(25-28-40)43-20-11-17-34-14-7-8-18-42(34)43)50-48-44-19-9-10-21-45(44)54-46(48)32-47-49(50)52-51(55-47)36-15-5-2-6-16-36/h1-32H. The largest absolute Gasteiger partial charge is 0.308 e. The van der Waals surface area contributed by atoms with E-state index in [1.54, 1.807) is 11.3 Å². The van der Waals surface area contributed by atoms with Gasteiger partial charge in [0.2, 0.25) is 0 Å². The first-order chi connectivity index (χ1) is 27.2. The summed E-state index contributed by atoms with van der Waals surface area (Å²) in [5.74, 6) is 0. The fraction of sp³-hybridized carbons (Fsp3) is 0. The Balaban J connectivity index is 1.17. The Morgan fingerprint density at radius 3 is 1.87 bits per heavy atom. The average molecular weight is 737 g/mol. The first kappa shape index (κ1) is 31.9. The number of thiazole rings is 1. The van der Waals surface area contributed by atoms with E-state index in [0.717, 1.165) is 33.1 Å². The molecule has 0 fully saturated rings. The molecule has 258 valence electrons. The molecule has 0 unspecified atom stereocenters. The zero-order valence-electron chi connectivity index (χ0n) is 29.7. The summed E-state index contributed by atoms with van der Waals surface area (Å²) in [4.78, 5) is 7.93. The van der Waals surface area contributed by atoms with Gasteiger partial charge in [-0.3, -0.25) is 0 Å². The molecule has 4 heteroatoms. The normalized spacial score (nSPS) is 11.6.